The number of rotatable bonds is 4. The largest absolute Gasteiger partial charge is 0.296 e. The van der Waals surface area contributed by atoms with Crippen molar-refractivity contribution in [3.05, 3.63) is 60.4 Å². The molecule has 0 bridgehead atoms. The third-order valence-electron chi connectivity index (χ3n) is 3.00. The summed E-state index contributed by atoms with van der Waals surface area (Å²) in [6, 6.07) is 5.99. The van der Waals surface area contributed by atoms with Gasteiger partial charge >= 0.3 is 0 Å². The van der Waals surface area contributed by atoms with Crippen LogP contribution >= 0.6 is 0 Å². The molecule has 0 atom stereocenters. The number of imidazole rings is 1. The lowest BCUT2D eigenvalue weighted by Crippen LogP contribution is -2.18. The Bertz CT molecular complexity index is 662. The van der Waals surface area contributed by atoms with Crippen LogP contribution in [0.25, 0.3) is 5.78 Å². The Morgan fingerprint density at radius 1 is 1.11 bits per heavy atom. The second kappa shape index (κ2) is 5.16. The van der Waals surface area contributed by atoms with E-state index >= 15 is 0 Å². The molecule has 3 aromatic rings. The van der Waals surface area contributed by atoms with Crippen molar-refractivity contribution in [2.24, 2.45) is 0 Å². The second-order valence-corrected chi connectivity index (χ2v) is 4.57. The van der Waals surface area contributed by atoms with Gasteiger partial charge in [0.1, 0.15) is 0 Å². The fraction of sp³-hybridized carbons (Fsp3) is 0.214. The molecule has 0 amide bonds. The molecule has 0 fully saturated rings. The Balaban J connectivity index is 1.74. The molecule has 0 N–H and O–H groups in total. The molecule has 0 unspecified atom stereocenters. The third kappa shape index (κ3) is 2.61. The van der Waals surface area contributed by atoms with Crippen molar-refractivity contribution < 1.29 is 0 Å². The summed E-state index contributed by atoms with van der Waals surface area (Å²) in [6.45, 7) is 1.71. The van der Waals surface area contributed by atoms with Crippen LogP contribution in [0.3, 0.4) is 0 Å². The van der Waals surface area contributed by atoms with Crippen molar-refractivity contribution in [2.75, 3.05) is 7.05 Å². The predicted molar refractivity (Wildman–Crippen MR) is 72.4 cm³/mol. The number of hydrogen-bond donors (Lipinski definition) is 0. The van der Waals surface area contributed by atoms with Gasteiger partial charge in [0.05, 0.1) is 11.9 Å². The van der Waals surface area contributed by atoms with Gasteiger partial charge in [0.15, 0.2) is 0 Å². The number of fused-ring (bicyclic) bond motifs is 1. The van der Waals surface area contributed by atoms with E-state index in [0.29, 0.717) is 0 Å². The lowest BCUT2D eigenvalue weighted by molar-refractivity contribution is 0.314. The van der Waals surface area contributed by atoms with E-state index < -0.39 is 0 Å². The maximum atomic E-state index is 4.29. The summed E-state index contributed by atoms with van der Waals surface area (Å²) in [7, 11) is 2.09. The molecule has 5 heteroatoms. The van der Waals surface area contributed by atoms with Gasteiger partial charge < -0.3 is 0 Å². The fourth-order valence-corrected chi connectivity index (χ4v) is 2.13. The molecule has 0 spiro atoms. The van der Waals surface area contributed by atoms with Crippen LogP contribution in [-0.4, -0.2) is 31.3 Å². The van der Waals surface area contributed by atoms with Crippen molar-refractivity contribution in [1.29, 1.82) is 0 Å². The van der Waals surface area contributed by atoms with Gasteiger partial charge in [-0.15, -0.1) is 0 Å². The van der Waals surface area contributed by atoms with Gasteiger partial charge in [-0.2, -0.15) is 0 Å². The Morgan fingerprint density at radius 3 is 2.79 bits per heavy atom. The maximum Gasteiger partial charge on any atom is 0.233 e. The highest BCUT2D eigenvalue weighted by Gasteiger charge is 2.07. The minimum atomic E-state index is 0.745. The summed E-state index contributed by atoms with van der Waals surface area (Å²) < 4.78 is 2.02. The highest BCUT2D eigenvalue weighted by molar-refractivity contribution is 5.30. The van der Waals surface area contributed by atoms with Gasteiger partial charge in [0.2, 0.25) is 5.78 Å². The molecule has 3 rings (SSSR count). The summed E-state index contributed by atoms with van der Waals surface area (Å²) >= 11 is 0. The summed E-state index contributed by atoms with van der Waals surface area (Å²) in [5, 5.41) is 0. The maximum absolute atomic E-state index is 4.29. The lowest BCUT2D eigenvalue weighted by atomic mass is 10.2. The summed E-state index contributed by atoms with van der Waals surface area (Å²) in [6.07, 6.45) is 9.27. The van der Waals surface area contributed by atoms with Crippen molar-refractivity contribution in [3.8, 4) is 0 Å². The Hall–Kier alpha value is -2.27. The highest BCUT2D eigenvalue weighted by Crippen LogP contribution is 2.09. The van der Waals surface area contributed by atoms with Crippen LogP contribution < -0.4 is 0 Å². The second-order valence-electron chi connectivity index (χ2n) is 4.57. The van der Waals surface area contributed by atoms with Crippen LogP contribution in [-0.2, 0) is 13.1 Å². The van der Waals surface area contributed by atoms with Gasteiger partial charge in [-0.05, 0) is 30.8 Å². The molecule has 0 saturated heterocycles. The van der Waals surface area contributed by atoms with E-state index in [2.05, 4.69) is 26.9 Å². The molecule has 96 valence electrons. The minimum absolute atomic E-state index is 0.745. The lowest BCUT2D eigenvalue weighted by Gasteiger charge is -2.16. The average molecular weight is 253 g/mol. The number of hydrogen-bond acceptors (Lipinski definition) is 4. The van der Waals surface area contributed by atoms with E-state index in [1.165, 1.54) is 5.56 Å². The van der Waals surface area contributed by atoms with E-state index in [9.17, 15) is 0 Å². The van der Waals surface area contributed by atoms with E-state index in [1.54, 1.807) is 6.20 Å². The monoisotopic (exact) mass is 253 g/mol. The van der Waals surface area contributed by atoms with Crippen molar-refractivity contribution in [2.45, 2.75) is 13.1 Å². The van der Waals surface area contributed by atoms with E-state index in [4.69, 9.17) is 0 Å². The van der Waals surface area contributed by atoms with E-state index in [-0.39, 0.29) is 0 Å². The molecule has 0 radical (unpaired) electrons. The van der Waals surface area contributed by atoms with Crippen LogP contribution in [0, 0.1) is 0 Å². The van der Waals surface area contributed by atoms with Crippen LogP contribution in [0.4, 0.5) is 0 Å². The van der Waals surface area contributed by atoms with Gasteiger partial charge in [-0.1, -0.05) is 0 Å². The first-order chi connectivity index (χ1) is 9.33. The van der Waals surface area contributed by atoms with Crippen molar-refractivity contribution >= 4 is 5.78 Å². The average Bonchev–Trinajstić information content (AvgIpc) is 2.83. The predicted octanol–water partition coefficient (Wildman–Crippen LogP) is 1.76. The Labute approximate surface area is 111 Å². The van der Waals surface area contributed by atoms with Crippen LogP contribution in [0.2, 0.25) is 0 Å². The minimum Gasteiger partial charge on any atom is -0.296 e. The third-order valence-corrected chi connectivity index (χ3v) is 3.00. The standard InChI is InChI=1S/C14H15N5/c1-18(10-12-3-6-15-7-4-12)11-13-9-17-14-16-5-2-8-19(13)14/h2-9H,10-11H2,1H3. The molecule has 19 heavy (non-hydrogen) atoms. The van der Waals surface area contributed by atoms with Crippen LogP contribution in [0.5, 0.6) is 0 Å². The Morgan fingerprint density at radius 2 is 1.95 bits per heavy atom. The van der Waals surface area contributed by atoms with E-state index in [1.807, 2.05) is 47.4 Å². The van der Waals surface area contributed by atoms with Gasteiger partial charge in [0.25, 0.3) is 0 Å². The van der Waals surface area contributed by atoms with Crippen LogP contribution in [0.1, 0.15) is 11.3 Å². The smallest absolute Gasteiger partial charge is 0.233 e. The molecule has 0 aliphatic heterocycles. The first kappa shape index (κ1) is 11.8. The first-order valence-corrected chi connectivity index (χ1v) is 6.17. The molecule has 5 nitrogen and oxygen atoms in total. The molecule has 0 aromatic carbocycles. The number of pyridine rings is 1. The molecular formula is C14H15N5. The topological polar surface area (TPSA) is 46.3 Å². The first-order valence-electron chi connectivity index (χ1n) is 6.17. The zero-order chi connectivity index (χ0) is 13.1. The normalized spacial score (nSPS) is 11.3. The Kier molecular flexibility index (Phi) is 3.20. The number of nitrogens with zero attached hydrogens (tertiary/aromatic N) is 5. The quantitative estimate of drug-likeness (QED) is 0.710. The highest BCUT2D eigenvalue weighted by atomic mass is 15.1. The van der Waals surface area contributed by atoms with Gasteiger partial charge in [0, 0.05) is 37.9 Å². The zero-order valence-corrected chi connectivity index (χ0v) is 10.8. The molecular weight excluding hydrogens is 238 g/mol. The van der Waals surface area contributed by atoms with Gasteiger partial charge in [-0.3, -0.25) is 14.3 Å². The SMILES string of the molecule is CN(Cc1ccncc1)Cc1cnc2ncccn12. The molecule has 0 aliphatic carbocycles. The summed E-state index contributed by atoms with van der Waals surface area (Å²) in [5.41, 5.74) is 2.39. The van der Waals surface area contributed by atoms with Crippen LogP contribution in [0.15, 0.2) is 49.2 Å². The molecule has 3 aromatic heterocycles. The number of aromatic nitrogens is 4. The zero-order valence-electron chi connectivity index (χ0n) is 10.8. The fourth-order valence-electron chi connectivity index (χ4n) is 2.13. The van der Waals surface area contributed by atoms with Crippen molar-refractivity contribution in [1.82, 2.24) is 24.3 Å². The van der Waals surface area contributed by atoms with Crippen molar-refractivity contribution in [3.63, 3.8) is 0 Å². The van der Waals surface area contributed by atoms with Gasteiger partial charge in [-0.25, -0.2) is 9.97 Å². The summed E-state index contributed by atoms with van der Waals surface area (Å²) in [4.78, 5) is 14.8. The summed E-state index contributed by atoms with van der Waals surface area (Å²) in [5.74, 6) is 0.745. The molecule has 3 heterocycles. The molecule has 0 saturated carbocycles. The molecule has 0 aliphatic rings. The van der Waals surface area contributed by atoms with E-state index in [0.717, 1.165) is 24.6 Å².